The van der Waals surface area contributed by atoms with Gasteiger partial charge in [0.2, 0.25) is 0 Å². The fraction of sp³-hybridized carbons (Fsp3) is 0.923. The van der Waals surface area contributed by atoms with Crippen molar-refractivity contribution in [2.24, 2.45) is 46.3 Å². The summed E-state index contributed by atoms with van der Waals surface area (Å²) in [6.07, 6.45) is 12.8. The van der Waals surface area contributed by atoms with Crippen LogP contribution in [0.25, 0.3) is 0 Å². The van der Waals surface area contributed by atoms with E-state index in [1.807, 2.05) is 6.92 Å². The van der Waals surface area contributed by atoms with E-state index in [0.29, 0.717) is 47.9 Å². The molecule has 0 aromatic heterocycles. The van der Waals surface area contributed by atoms with Gasteiger partial charge in [-0.05, 0) is 92.8 Å². The first-order valence-electron chi connectivity index (χ1n) is 12.5. The molecule has 4 rings (SSSR count). The van der Waals surface area contributed by atoms with Gasteiger partial charge in [0, 0.05) is 18.3 Å². The lowest BCUT2D eigenvalue weighted by molar-refractivity contribution is -0.157. The van der Waals surface area contributed by atoms with Crippen LogP contribution >= 0.6 is 0 Å². The second kappa shape index (κ2) is 8.00. The molecular weight excluding hydrogens is 360 g/mol. The number of carbonyl (C=O) groups excluding carboxylic acids is 2. The zero-order valence-electron chi connectivity index (χ0n) is 19.2. The molecule has 4 aliphatic rings. The lowest BCUT2D eigenvalue weighted by atomic mass is 9.44. The summed E-state index contributed by atoms with van der Waals surface area (Å²) in [5.74, 6) is 4.13. The fourth-order valence-electron chi connectivity index (χ4n) is 8.72. The van der Waals surface area contributed by atoms with Crippen LogP contribution in [0.3, 0.4) is 0 Å². The smallest absolute Gasteiger partial charge is 0.305 e. The van der Waals surface area contributed by atoms with Crippen LogP contribution in [0, 0.1) is 46.3 Å². The van der Waals surface area contributed by atoms with Crippen LogP contribution in [-0.4, -0.2) is 18.4 Å². The van der Waals surface area contributed by atoms with Gasteiger partial charge in [-0.2, -0.15) is 0 Å². The molecule has 29 heavy (non-hydrogen) atoms. The molecular formula is C26H42O3. The number of Topliss-reactive ketones (excluding diaryl/α,β-unsaturated/α-hetero) is 1. The van der Waals surface area contributed by atoms with Crippen molar-refractivity contribution in [2.75, 3.05) is 6.61 Å². The fourth-order valence-corrected chi connectivity index (χ4v) is 8.72. The van der Waals surface area contributed by atoms with E-state index in [1.165, 1.54) is 51.4 Å². The van der Waals surface area contributed by atoms with Gasteiger partial charge in [-0.25, -0.2) is 0 Å². The second-order valence-corrected chi connectivity index (χ2v) is 11.3. The molecule has 4 aliphatic carbocycles. The Morgan fingerprint density at radius 1 is 1.10 bits per heavy atom. The molecule has 0 radical (unpaired) electrons. The van der Waals surface area contributed by atoms with Crippen molar-refractivity contribution in [3.63, 3.8) is 0 Å². The van der Waals surface area contributed by atoms with Crippen molar-refractivity contribution < 1.29 is 14.3 Å². The summed E-state index contributed by atoms with van der Waals surface area (Å²) in [7, 11) is 0. The summed E-state index contributed by atoms with van der Waals surface area (Å²) in [5, 5.41) is 0. The quantitative estimate of drug-likeness (QED) is 0.515. The van der Waals surface area contributed by atoms with Gasteiger partial charge in [0.1, 0.15) is 5.78 Å². The Morgan fingerprint density at radius 3 is 2.66 bits per heavy atom. The molecule has 0 aromatic carbocycles. The van der Waals surface area contributed by atoms with E-state index in [4.69, 9.17) is 4.74 Å². The largest absolute Gasteiger partial charge is 0.466 e. The Hall–Kier alpha value is -0.860. The maximum absolute atomic E-state index is 13.7. The monoisotopic (exact) mass is 402 g/mol. The zero-order valence-corrected chi connectivity index (χ0v) is 19.2. The maximum Gasteiger partial charge on any atom is 0.305 e. The number of hydrogen-bond donors (Lipinski definition) is 0. The number of ether oxygens (including phenoxy) is 1. The number of ketones is 1. The summed E-state index contributed by atoms with van der Waals surface area (Å²) in [6, 6.07) is 0. The molecule has 4 saturated carbocycles. The lowest BCUT2D eigenvalue weighted by Crippen LogP contribution is -2.56. The summed E-state index contributed by atoms with van der Waals surface area (Å²) in [6.45, 7) is 9.44. The van der Waals surface area contributed by atoms with E-state index in [9.17, 15) is 9.59 Å². The molecule has 0 spiro atoms. The minimum absolute atomic E-state index is 0.0855. The highest BCUT2D eigenvalue weighted by Crippen LogP contribution is 2.67. The van der Waals surface area contributed by atoms with Gasteiger partial charge in [-0.3, -0.25) is 9.59 Å². The van der Waals surface area contributed by atoms with Crippen LogP contribution in [0.4, 0.5) is 0 Å². The number of hydrogen-bond acceptors (Lipinski definition) is 3. The molecule has 8 atom stereocenters. The molecule has 3 nitrogen and oxygen atoms in total. The van der Waals surface area contributed by atoms with E-state index >= 15 is 0 Å². The molecule has 0 heterocycles. The zero-order chi connectivity index (χ0) is 20.8. The van der Waals surface area contributed by atoms with E-state index in [0.717, 1.165) is 24.7 Å². The Labute approximate surface area is 177 Å². The molecule has 164 valence electrons. The first kappa shape index (κ1) is 21.4. The highest BCUT2D eigenvalue weighted by Gasteiger charge is 2.63. The van der Waals surface area contributed by atoms with Crippen molar-refractivity contribution >= 4 is 11.8 Å². The molecule has 0 aliphatic heterocycles. The molecule has 4 fully saturated rings. The molecule has 0 aromatic rings. The highest BCUT2D eigenvalue weighted by atomic mass is 16.5. The van der Waals surface area contributed by atoms with Crippen LogP contribution in [0.5, 0.6) is 0 Å². The third-order valence-corrected chi connectivity index (χ3v) is 10.3. The van der Waals surface area contributed by atoms with Gasteiger partial charge in [0.05, 0.1) is 6.61 Å². The molecule has 0 N–H and O–H groups in total. The molecule has 0 bridgehead atoms. The van der Waals surface area contributed by atoms with E-state index in [-0.39, 0.29) is 11.4 Å². The predicted octanol–water partition coefficient (Wildman–Crippen LogP) is 6.19. The van der Waals surface area contributed by atoms with Gasteiger partial charge >= 0.3 is 5.97 Å². The summed E-state index contributed by atoms with van der Waals surface area (Å²) >= 11 is 0. The lowest BCUT2D eigenvalue weighted by Gasteiger charge is -2.60. The van der Waals surface area contributed by atoms with Gasteiger partial charge in [-0.1, -0.05) is 33.6 Å². The topological polar surface area (TPSA) is 43.4 Å². The second-order valence-electron chi connectivity index (χ2n) is 11.3. The maximum atomic E-state index is 13.7. The average molecular weight is 403 g/mol. The van der Waals surface area contributed by atoms with Crippen LogP contribution in [0.15, 0.2) is 0 Å². The summed E-state index contributed by atoms with van der Waals surface area (Å²) in [5.41, 5.74) is 0.249. The standard InChI is InChI=1S/C26H42O3/c1-5-29-24(28)14-9-17(2)20-12-13-21-19-11-10-18-8-6-7-15-25(18,3)22(19)16-23(27)26(20,21)4/h17-22H,5-16H2,1-4H3/t17-,18+,19-,20+,21-,22-,25-,26+/m0/s1. The first-order valence-corrected chi connectivity index (χ1v) is 12.5. The van der Waals surface area contributed by atoms with Crippen LogP contribution in [-0.2, 0) is 14.3 Å². The Balaban J connectivity index is 1.51. The predicted molar refractivity (Wildman–Crippen MR) is 115 cm³/mol. The third-order valence-electron chi connectivity index (χ3n) is 10.3. The summed E-state index contributed by atoms with van der Waals surface area (Å²) < 4.78 is 5.13. The molecule has 3 heteroatoms. The normalized spacial score (nSPS) is 45.1. The third kappa shape index (κ3) is 3.39. The van der Waals surface area contributed by atoms with Crippen LogP contribution in [0.2, 0.25) is 0 Å². The van der Waals surface area contributed by atoms with Crippen molar-refractivity contribution in [1.29, 1.82) is 0 Å². The average Bonchev–Trinajstić information content (AvgIpc) is 3.06. The first-order chi connectivity index (χ1) is 13.8. The van der Waals surface area contributed by atoms with E-state index in [1.54, 1.807) is 0 Å². The van der Waals surface area contributed by atoms with Crippen molar-refractivity contribution in [3.8, 4) is 0 Å². The highest BCUT2D eigenvalue weighted by molar-refractivity contribution is 5.87. The SMILES string of the molecule is CCOC(=O)CC[C@H](C)[C@H]1CC[C@H]2[C@@H]3CC[C@H]4CCCC[C@]4(C)[C@H]3CC(=O)[C@]12C. The molecule has 0 saturated heterocycles. The van der Waals surface area contributed by atoms with Crippen molar-refractivity contribution in [3.05, 3.63) is 0 Å². The van der Waals surface area contributed by atoms with E-state index < -0.39 is 0 Å². The van der Waals surface area contributed by atoms with Crippen LogP contribution in [0.1, 0.15) is 98.3 Å². The Morgan fingerprint density at radius 2 is 1.90 bits per heavy atom. The number of fused-ring (bicyclic) bond motifs is 5. The molecule has 0 unspecified atom stereocenters. The van der Waals surface area contributed by atoms with Crippen LogP contribution < -0.4 is 0 Å². The number of rotatable bonds is 5. The minimum Gasteiger partial charge on any atom is -0.466 e. The minimum atomic E-state index is -0.160. The van der Waals surface area contributed by atoms with Crippen molar-refractivity contribution in [1.82, 2.24) is 0 Å². The van der Waals surface area contributed by atoms with Crippen molar-refractivity contribution in [2.45, 2.75) is 98.3 Å². The number of carbonyl (C=O) groups is 2. The van der Waals surface area contributed by atoms with E-state index in [2.05, 4.69) is 20.8 Å². The Bertz CT molecular complexity index is 642. The van der Waals surface area contributed by atoms with Gasteiger partial charge in [0.25, 0.3) is 0 Å². The Kier molecular flexibility index (Phi) is 5.90. The van der Waals surface area contributed by atoms with Gasteiger partial charge in [-0.15, -0.1) is 0 Å². The molecule has 0 amide bonds. The van der Waals surface area contributed by atoms with Gasteiger partial charge < -0.3 is 4.74 Å². The summed E-state index contributed by atoms with van der Waals surface area (Å²) in [4.78, 5) is 25.6. The number of esters is 1. The van der Waals surface area contributed by atoms with Gasteiger partial charge in [0.15, 0.2) is 0 Å².